The van der Waals surface area contributed by atoms with E-state index >= 15 is 0 Å². The van der Waals surface area contributed by atoms with Crippen LogP contribution in [0.15, 0.2) is 0 Å². The maximum absolute atomic E-state index is 9.76. The van der Waals surface area contributed by atoms with Crippen molar-refractivity contribution in [1.82, 2.24) is 15.1 Å². The summed E-state index contributed by atoms with van der Waals surface area (Å²) in [6, 6.07) is 1.35. The molecular formula is C13H27N3O. The zero-order chi connectivity index (χ0) is 12.5. The number of aliphatic hydroxyl groups is 1. The topological polar surface area (TPSA) is 38.7 Å². The van der Waals surface area contributed by atoms with Crippen LogP contribution in [0.1, 0.15) is 25.7 Å². The lowest BCUT2D eigenvalue weighted by Crippen LogP contribution is -2.59. The minimum atomic E-state index is -0.0195. The van der Waals surface area contributed by atoms with Gasteiger partial charge in [-0.2, -0.15) is 0 Å². The van der Waals surface area contributed by atoms with Gasteiger partial charge in [0.25, 0.3) is 0 Å². The zero-order valence-corrected chi connectivity index (χ0v) is 11.4. The van der Waals surface area contributed by atoms with Gasteiger partial charge in [-0.1, -0.05) is 0 Å². The number of nitrogens with zero attached hydrogens (tertiary/aromatic N) is 2. The maximum Gasteiger partial charge on any atom is 0.0614 e. The Morgan fingerprint density at radius 3 is 2.35 bits per heavy atom. The Bertz CT molecular complexity index is 243. The van der Waals surface area contributed by atoms with Crippen LogP contribution in [0.2, 0.25) is 0 Å². The Kier molecular flexibility index (Phi) is 4.08. The molecule has 2 N–H and O–H groups in total. The van der Waals surface area contributed by atoms with Crippen LogP contribution in [0, 0.1) is 0 Å². The van der Waals surface area contributed by atoms with Gasteiger partial charge in [-0.15, -0.1) is 0 Å². The third-order valence-corrected chi connectivity index (χ3v) is 4.60. The maximum atomic E-state index is 9.76. The molecule has 2 bridgehead atoms. The molecule has 4 heteroatoms. The Hall–Kier alpha value is -0.160. The van der Waals surface area contributed by atoms with E-state index in [0.717, 1.165) is 25.9 Å². The van der Waals surface area contributed by atoms with Crippen molar-refractivity contribution in [1.29, 1.82) is 0 Å². The zero-order valence-electron chi connectivity index (χ0n) is 11.4. The van der Waals surface area contributed by atoms with Gasteiger partial charge in [-0.25, -0.2) is 0 Å². The molecule has 0 aromatic rings. The lowest BCUT2D eigenvalue weighted by Gasteiger charge is -2.45. The van der Waals surface area contributed by atoms with E-state index < -0.39 is 0 Å². The number of nitrogens with one attached hydrogen (secondary N) is 1. The summed E-state index contributed by atoms with van der Waals surface area (Å²) in [7, 11) is 6.42. The van der Waals surface area contributed by atoms with Crippen molar-refractivity contribution >= 4 is 0 Å². The second kappa shape index (κ2) is 5.22. The summed E-state index contributed by atoms with van der Waals surface area (Å²) in [5.74, 6) is 0. The molecule has 2 fully saturated rings. The highest BCUT2D eigenvalue weighted by atomic mass is 16.3. The fourth-order valence-corrected chi connectivity index (χ4v) is 3.44. The highest BCUT2D eigenvalue weighted by Gasteiger charge is 2.46. The summed E-state index contributed by atoms with van der Waals surface area (Å²) in [5.41, 5.74) is -0.0195. The Balaban J connectivity index is 1.92. The largest absolute Gasteiger partial charge is 0.394 e. The summed E-state index contributed by atoms with van der Waals surface area (Å²) in [4.78, 5) is 4.70. The molecule has 0 aromatic carbocycles. The highest BCUT2D eigenvalue weighted by molar-refractivity contribution is 5.04. The van der Waals surface area contributed by atoms with E-state index in [1.807, 2.05) is 0 Å². The van der Waals surface area contributed by atoms with Gasteiger partial charge in [0.05, 0.1) is 6.61 Å². The van der Waals surface area contributed by atoms with Crippen molar-refractivity contribution in [2.45, 2.75) is 43.3 Å². The average molecular weight is 241 g/mol. The fourth-order valence-electron chi connectivity index (χ4n) is 3.44. The number of likely N-dealkylation sites (N-methyl/N-ethyl adjacent to an activating group) is 1. The molecule has 4 nitrogen and oxygen atoms in total. The smallest absolute Gasteiger partial charge is 0.0614 e. The van der Waals surface area contributed by atoms with Crippen molar-refractivity contribution in [2.24, 2.45) is 0 Å². The molecule has 0 radical (unpaired) electrons. The number of hydrogen-bond donors (Lipinski definition) is 2. The lowest BCUT2D eigenvalue weighted by atomic mass is 9.83. The summed E-state index contributed by atoms with van der Waals surface area (Å²) in [6.45, 7) is 2.28. The summed E-state index contributed by atoms with van der Waals surface area (Å²) in [6.07, 6.45) is 4.81. The van der Waals surface area contributed by atoms with Crippen LogP contribution in [-0.2, 0) is 0 Å². The molecular weight excluding hydrogens is 214 g/mol. The van der Waals surface area contributed by atoms with Crippen LogP contribution in [0.5, 0.6) is 0 Å². The molecule has 100 valence electrons. The predicted molar refractivity (Wildman–Crippen MR) is 70.2 cm³/mol. The van der Waals surface area contributed by atoms with Crippen molar-refractivity contribution in [3.63, 3.8) is 0 Å². The average Bonchev–Trinajstić information content (AvgIpc) is 2.53. The molecule has 2 heterocycles. The minimum absolute atomic E-state index is 0.0195. The first-order chi connectivity index (χ1) is 8.06. The van der Waals surface area contributed by atoms with Gasteiger partial charge in [-0.05, 0) is 46.8 Å². The van der Waals surface area contributed by atoms with E-state index in [1.165, 1.54) is 12.8 Å². The van der Waals surface area contributed by atoms with E-state index in [4.69, 9.17) is 0 Å². The Morgan fingerprint density at radius 2 is 1.88 bits per heavy atom. The van der Waals surface area contributed by atoms with Gasteiger partial charge in [-0.3, -0.25) is 0 Å². The molecule has 0 aliphatic carbocycles. The SMILES string of the molecule is CN(C)CCNC1(CO)CC2CCC(C1)N2C. The number of piperidine rings is 1. The fraction of sp³-hybridized carbons (Fsp3) is 1.00. The molecule has 0 saturated carbocycles. The van der Waals surface area contributed by atoms with Gasteiger partial charge >= 0.3 is 0 Å². The molecule has 0 amide bonds. The molecule has 2 atom stereocenters. The number of hydrogen-bond acceptors (Lipinski definition) is 4. The van der Waals surface area contributed by atoms with Crippen LogP contribution in [0.4, 0.5) is 0 Å². The van der Waals surface area contributed by atoms with E-state index in [0.29, 0.717) is 12.1 Å². The molecule has 2 unspecified atom stereocenters. The minimum Gasteiger partial charge on any atom is -0.394 e. The molecule has 2 rings (SSSR count). The third-order valence-electron chi connectivity index (χ3n) is 4.60. The predicted octanol–water partition coefficient (Wildman–Crippen LogP) is 0.125. The molecule has 2 aliphatic heterocycles. The van der Waals surface area contributed by atoms with E-state index in [2.05, 4.69) is 36.3 Å². The number of rotatable bonds is 5. The van der Waals surface area contributed by atoms with Gasteiger partial charge in [0.2, 0.25) is 0 Å². The molecule has 17 heavy (non-hydrogen) atoms. The second-order valence-electron chi connectivity index (χ2n) is 6.13. The van der Waals surface area contributed by atoms with E-state index in [1.54, 1.807) is 0 Å². The number of fused-ring (bicyclic) bond motifs is 2. The summed E-state index contributed by atoms with van der Waals surface area (Å²) < 4.78 is 0. The molecule has 2 saturated heterocycles. The first-order valence-electron chi connectivity index (χ1n) is 6.79. The summed E-state index contributed by atoms with van der Waals surface area (Å²) >= 11 is 0. The normalized spacial score (nSPS) is 37.9. The molecule has 0 spiro atoms. The summed E-state index contributed by atoms with van der Waals surface area (Å²) in [5, 5.41) is 13.4. The second-order valence-corrected chi connectivity index (χ2v) is 6.13. The van der Waals surface area contributed by atoms with E-state index in [-0.39, 0.29) is 12.1 Å². The van der Waals surface area contributed by atoms with Crippen LogP contribution in [0.25, 0.3) is 0 Å². The standard InChI is InChI=1S/C13H27N3O/c1-15(2)7-6-14-13(10-17)8-11-4-5-12(9-13)16(11)3/h11-12,14,17H,4-10H2,1-3H3. The van der Waals surface area contributed by atoms with Crippen molar-refractivity contribution in [3.05, 3.63) is 0 Å². The first-order valence-corrected chi connectivity index (χ1v) is 6.79. The van der Waals surface area contributed by atoms with Crippen molar-refractivity contribution in [2.75, 3.05) is 40.8 Å². The van der Waals surface area contributed by atoms with Gasteiger partial charge in [0, 0.05) is 30.7 Å². The van der Waals surface area contributed by atoms with Gasteiger partial charge in [0.15, 0.2) is 0 Å². The third kappa shape index (κ3) is 2.81. The highest BCUT2D eigenvalue weighted by Crippen LogP contribution is 2.39. The number of aliphatic hydroxyl groups excluding tert-OH is 1. The van der Waals surface area contributed by atoms with Crippen LogP contribution in [-0.4, -0.2) is 73.4 Å². The molecule has 2 aliphatic rings. The van der Waals surface area contributed by atoms with Crippen molar-refractivity contribution < 1.29 is 5.11 Å². The first kappa shape index (κ1) is 13.3. The van der Waals surface area contributed by atoms with Gasteiger partial charge < -0.3 is 20.2 Å². The van der Waals surface area contributed by atoms with Crippen LogP contribution < -0.4 is 5.32 Å². The van der Waals surface area contributed by atoms with Crippen molar-refractivity contribution in [3.8, 4) is 0 Å². The monoisotopic (exact) mass is 241 g/mol. The lowest BCUT2D eigenvalue weighted by molar-refractivity contribution is 0.0468. The van der Waals surface area contributed by atoms with E-state index in [9.17, 15) is 5.11 Å². The Morgan fingerprint density at radius 1 is 1.29 bits per heavy atom. The van der Waals surface area contributed by atoms with Crippen LogP contribution >= 0.6 is 0 Å². The van der Waals surface area contributed by atoms with Crippen LogP contribution in [0.3, 0.4) is 0 Å². The Labute approximate surface area is 105 Å². The quantitative estimate of drug-likeness (QED) is 0.717. The van der Waals surface area contributed by atoms with Gasteiger partial charge in [0.1, 0.15) is 0 Å². The molecule has 0 aromatic heterocycles.